The predicted octanol–water partition coefficient (Wildman–Crippen LogP) is 3.06. The van der Waals surface area contributed by atoms with Crippen molar-refractivity contribution in [1.82, 2.24) is 10.3 Å². The van der Waals surface area contributed by atoms with E-state index in [9.17, 15) is 4.79 Å². The highest BCUT2D eigenvalue weighted by atomic mass is 35.5. The molecule has 0 fully saturated rings. The van der Waals surface area contributed by atoms with Gasteiger partial charge >= 0.3 is 6.09 Å². The van der Waals surface area contributed by atoms with Crippen molar-refractivity contribution in [2.75, 3.05) is 18.4 Å². The first-order valence-electron chi connectivity index (χ1n) is 6.19. The van der Waals surface area contributed by atoms with Crippen LogP contribution in [0.3, 0.4) is 0 Å². The quantitative estimate of drug-likeness (QED) is 0.816. The fourth-order valence-corrected chi connectivity index (χ4v) is 1.52. The molecule has 2 N–H and O–H groups in total. The SMILES string of the molecule is CC(C)(C)OC(=O)NCCCNc1ccncc1Cl. The molecule has 1 aromatic rings. The maximum Gasteiger partial charge on any atom is 0.407 e. The van der Waals surface area contributed by atoms with E-state index >= 15 is 0 Å². The second-order valence-electron chi connectivity index (χ2n) is 5.06. The number of hydrogen-bond acceptors (Lipinski definition) is 4. The van der Waals surface area contributed by atoms with Gasteiger partial charge in [0.2, 0.25) is 0 Å². The lowest BCUT2D eigenvalue weighted by Crippen LogP contribution is -2.33. The van der Waals surface area contributed by atoms with Gasteiger partial charge in [-0.3, -0.25) is 4.98 Å². The van der Waals surface area contributed by atoms with Crippen LogP contribution in [0.15, 0.2) is 18.5 Å². The molecule has 19 heavy (non-hydrogen) atoms. The molecule has 0 bridgehead atoms. The topological polar surface area (TPSA) is 63.2 Å². The number of alkyl carbamates (subject to hydrolysis) is 1. The lowest BCUT2D eigenvalue weighted by atomic mass is 10.2. The second kappa shape index (κ2) is 7.19. The number of ether oxygens (including phenoxy) is 1. The van der Waals surface area contributed by atoms with Crippen molar-refractivity contribution in [3.8, 4) is 0 Å². The Morgan fingerprint density at radius 2 is 2.16 bits per heavy atom. The summed E-state index contributed by atoms with van der Waals surface area (Å²) in [6, 6.07) is 1.81. The molecule has 5 nitrogen and oxygen atoms in total. The van der Waals surface area contributed by atoms with Crippen molar-refractivity contribution in [2.24, 2.45) is 0 Å². The largest absolute Gasteiger partial charge is 0.444 e. The van der Waals surface area contributed by atoms with E-state index in [1.165, 1.54) is 0 Å². The van der Waals surface area contributed by atoms with Crippen molar-refractivity contribution in [2.45, 2.75) is 32.8 Å². The Bertz CT molecular complexity index is 419. The molecule has 0 aliphatic heterocycles. The summed E-state index contributed by atoms with van der Waals surface area (Å²) in [5, 5.41) is 6.45. The number of nitrogens with one attached hydrogen (secondary N) is 2. The van der Waals surface area contributed by atoms with E-state index in [1.54, 1.807) is 12.4 Å². The third-order valence-electron chi connectivity index (χ3n) is 2.11. The Balaban J connectivity index is 2.15. The maximum absolute atomic E-state index is 11.4. The Hall–Kier alpha value is -1.49. The molecule has 0 radical (unpaired) electrons. The summed E-state index contributed by atoms with van der Waals surface area (Å²) in [5.74, 6) is 0. The van der Waals surface area contributed by atoms with Crippen LogP contribution in [0.1, 0.15) is 27.2 Å². The van der Waals surface area contributed by atoms with Gasteiger partial charge in [0.05, 0.1) is 10.7 Å². The minimum atomic E-state index is -0.465. The zero-order valence-corrected chi connectivity index (χ0v) is 12.3. The fraction of sp³-hybridized carbons (Fsp3) is 0.538. The van der Waals surface area contributed by atoms with Crippen LogP contribution in [-0.2, 0) is 4.74 Å². The number of halogens is 1. The van der Waals surface area contributed by atoms with Gasteiger partial charge in [0.15, 0.2) is 0 Å². The Morgan fingerprint density at radius 1 is 1.42 bits per heavy atom. The lowest BCUT2D eigenvalue weighted by Gasteiger charge is -2.19. The maximum atomic E-state index is 11.4. The summed E-state index contributed by atoms with van der Waals surface area (Å²) in [6.45, 7) is 6.75. The third-order valence-corrected chi connectivity index (χ3v) is 2.41. The molecule has 0 atom stereocenters. The van der Waals surface area contributed by atoms with E-state index < -0.39 is 11.7 Å². The second-order valence-corrected chi connectivity index (χ2v) is 5.47. The summed E-state index contributed by atoms with van der Waals surface area (Å²) >= 11 is 5.95. The Morgan fingerprint density at radius 3 is 2.79 bits per heavy atom. The number of hydrogen-bond donors (Lipinski definition) is 2. The van der Waals surface area contributed by atoms with Gasteiger partial charge in [-0.05, 0) is 33.3 Å². The van der Waals surface area contributed by atoms with Gasteiger partial charge < -0.3 is 15.4 Å². The van der Waals surface area contributed by atoms with Gasteiger partial charge in [0, 0.05) is 25.5 Å². The van der Waals surface area contributed by atoms with Crippen LogP contribution in [0, 0.1) is 0 Å². The first kappa shape index (κ1) is 15.6. The smallest absolute Gasteiger partial charge is 0.407 e. The highest BCUT2D eigenvalue weighted by Crippen LogP contribution is 2.18. The van der Waals surface area contributed by atoms with Crippen LogP contribution in [0.25, 0.3) is 0 Å². The van der Waals surface area contributed by atoms with Crippen molar-refractivity contribution in [1.29, 1.82) is 0 Å². The molecule has 1 heterocycles. The fourth-order valence-electron chi connectivity index (χ4n) is 1.33. The summed E-state index contributed by atoms with van der Waals surface area (Å²) in [6.07, 6.45) is 3.64. The van der Waals surface area contributed by atoms with Crippen LogP contribution in [-0.4, -0.2) is 29.8 Å². The molecule has 0 aromatic carbocycles. The minimum absolute atomic E-state index is 0.394. The average molecular weight is 286 g/mol. The molecule has 6 heteroatoms. The average Bonchev–Trinajstić information content (AvgIpc) is 2.28. The highest BCUT2D eigenvalue weighted by molar-refractivity contribution is 6.33. The van der Waals surface area contributed by atoms with Gasteiger partial charge in [-0.25, -0.2) is 4.79 Å². The van der Waals surface area contributed by atoms with E-state index in [2.05, 4.69) is 15.6 Å². The first-order valence-corrected chi connectivity index (χ1v) is 6.56. The van der Waals surface area contributed by atoms with Crippen LogP contribution < -0.4 is 10.6 Å². The summed E-state index contributed by atoms with van der Waals surface area (Å²) in [4.78, 5) is 15.3. The van der Waals surface area contributed by atoms with E-state index in [1.807, 2.05) is 26.8 Å². The number of carbonyl (C=O) groups excluding carboxylic acids is 1. The zero-order valence-electron chi connectivity index (χ0n) is 11.5. The molecule has 0 aliphatic carbocycles. The number of pyridine rings is 1. The third kappa shape index (κ3) is 6.86. The number of carbonyl (C=O) groups is 1. The molecule has 0 unspecified atom stereocenters. The van der Waals surface area contributed by atoms with Gasteiger partial charge in [0.1, 0.15) is 5.60 Å². The molecular weight excluding hydrogens is 266 g/mol. The number of rotatable bonds is 5. The standard InChI is InChI=1S/C13H20ClN3O2/c1-13(2,3)19-12(18)17-7-4-6-16-11-5-8-15-9-10(11)14/h5,8-9H,4,6-7H2,1-3H3,(H,15,16)(H,17,18). The Labute approximate surface area is 118 Å². The number of amides is 1. The monoisotopic (exact) mass is 285 g/mol. The van der Waals surface area contributed by atoms with Crippen LogP contribution in [0.5, 0.6) is 0 Å². The highest BCUT2D eigenvalue weighted by Gasteiger charge is 2.15. The van der Waals surface area contributed by atoms with E-state index in [-0.39, 0.29) is 0 Å². The van der Waals surface area contributed by atoms with Gasteiger partial charge in [-0.15, -0.1) is 0 Å². The van der Waals surface area contributed by atoms with Crippen molar-refractivity contribution in [3.05, 3.63) is 23.5 Å². The van der Waals surface area contributed by atoms with Crippen LogP contribution in [0.4, 0.5) is 10.5 Å². The molecule has 0 spiro atoms. The van der Waals surface area contributed by atoms with Crippen molar-refractivity contribution < 1.29 is 9.53 Å². The molecular formula is C13H20ClN3O2. The van der Waals surface area contributed by atoms with Crippen molar-refractivity contribution >= 4 is 23.4 Å². The van der Waals surface area contributed by atoms with Gasteiger partial charge in [-0.2, -0.15) is 0 Å². The number of aromatic nitrogens is 1. The van der Waals surface area contributed by atoms with Gasteiger partial charge in [0.25, 0.3) is 0 Å². The normalized spacial score (nSPS) is 10.9. The van der Waals surface area contributed by atoms with Crippen molar-refractivity contribution in [3.63, 3.8) is 0 Å². The first-order chi connectivity index (χ1) is 8.88. The summed E-state index contributed by atoms with van der Waals surface area (Å²) < 4.78 is 5.12. The van der Waals surface area contributed by atoms with E-state index in [0.717, 1.165) is 12.1 Å². The molecule has 1 amide bonds. The van der Waals surface area contributed by atoms with E-state index in [0.29, 0.717) is 18.1 Å². The molecule has 106 valence electrons. The lowest BCUT2D eigenvalue weighted by molar-refractivity contribution is 0.0528. The minimum Gasteiger partial charge on any atom is -0.444 e. The molecule has 0 saturated carbocycles. The van der Waals surface area contributed by atoms with Crippen LogP contribution in [0.2, 0.25) is 5.02 Å². The van der Waals surface area contributed by atoms with E-state index in [4.69, 9.17) is 16.3 Å². The number of nitrogens with zero attached hydrogens (tertiary/aromatic N) is 1. The summed E-state index contributed by atoms with van der Waals surface area (Å²) in [7, 11) is 0. The summed E-state index contributed by atoms with van der Waals surface area (Å²) in [5.41, 5.74) is 0.376. The number of anilines is 1. The molecule has 1 rings (SSSR count). The molecule has 1 aromatic heterocycles. The molecule has 0 saturated heterocycles. The molecule has 0 aliphatic rings. The zero-order chi connectivity index (χ0) is 14.3. The van der Waals surface area contributed by atoms with Crippen LogP contribution >= 0.6 is 11.6 Å². The Kier molecular flexibility index (Phi) is 5.89. The predicted molar refractivity (Wildman–Crippen MR) is 76.6 cm³/mol. The van der Waals surface area contributed by atoms with Gasteiger partial charge in [-0.1, -0.05) is 11.6 Å².